The van der Waals surface area contributed by atoms with Gasteiger partial charge in [-0.25, -0.2) is 0 Å². The maximum absolute atomic E-state index is 10.7. The van der Waals surface area contributed by atoms with Crippen molar-refractivity contribution in [3.05, 3.63) is 0 Å². The molecule has 0 aromatic carbocycles. The minimum atomic E-state index is -0.692. The molecular weight excluding hydrogens is 142 g/mol. The number of carboxylic acids is 1. The third kappa shape index (κ3) is 0.745. The van der Waals surface area contributed by atoms with Gasteiger partial charge in [-0.2, -0.15) is 0 Å². The first-order chi connectivity index (χ1) is 5.05. The van der Waals surface area contributed by atoms with Gasteiger partial charge in [-0.3, -0.25) is 4.79 Å². The van der Waals surface area contributed by atoms with Gasteiger partial charge in [-0.05, 0) is 23.8 Å². The van der Waals surface area contributed by atoms with E-state index in [0.29, 0.717) is 11.8 Å². The van der Waals surface area contributed by atoms with Crippen LogP contribution in [0.4, 0.5) is 0 Å². The van der Waals surface area contributed by atoms with Crippen LogP contribution in [0.15, 0.2) is 0 Å². The van der Waals surface area contributed by atoms with Gasteiger partial charge in [0.05, 0.1) is 0 Å². The van der Waals surface area contributed by atoms with E-state index >= 15 is 0 Å². The van der Waals surface area contributed by atoms with E-state index in [4.69, 9.17) is 5.11 Å². The van der Waals surface area contributed by atoms with E-state index in [9.17, 15) is 4.79 Å². The summed E-state index contributed by atoms with van der Waals surface area (Å²) in [6.07, 6.45) is 0. The zero-order chi connectivity index (χ0) is 8.22. The highest BCUT2D eigenvalue weighted by molar-refractivity contribution is 5.75. The van der Waals surface area contributed by atoms with Crippen LogP contribution in [-0.2, 0) is 4.79 Å². The first kappa shape index (κ1) is 7.10. The highest BCUT2D eigenvalue weighted by atomic mass is 16.4. The molecule has 62 valence electrons. The lowest BCUT2D eigenvalue weighted by atomic mass is 10.0. The highest BCUT2D eigenvalue weighted by Gasteiger charge is 2.65. The Bertz CT molecular complexity index is 212. The molecule has 0 bridgehead atoms. The van der Waals surface area contributed by atoms with Crippen LogP contribution in [-0.4, -0.2) is 23.7 Å². The topological polar surface area (TPSA) is 49.3 Å². The highest BCUT2D eigenvalue weighted by Crippen LogP contribution is 2.62. The average molecular weight is 155 g/mol. The largest absolute Gasteiger partial charge is 0.480 e. The Morgan fingerprint density at radius 2 is 2.27 bits per heavy atom. The zero-order valence-electron chi connectivity index (χ0n) is 6.79. The van der Waals surface area contributed by atoms with Gasteiger partial charge in [0.25, 0.3) is 0 Å². The normalized spacial score (nSPS) is 45.1. The van der Waals surface area contributed by atoms with Crippen LogP contribution in [0.25, 0.3) is 0 Å². The van der Waals surface area contributed by atoms with Crippen molar-refractivity contribution in [1.29, 1.82) is 0 Å². The minimum Gasteiger partial charge on any atom is -0.480 e. The van der Waals surface area contributed by atoms with Gasteiger partial charge in [0.1, 0.15) is 6.04 Å². The molecule has 1 unspecified atom stereocenters. The molecule has 2 N–H and O–H groups in total. The fourth-order valence-electron chi connectivity index (χ4n) is 2.46. The Labute approximate surface area is 65.8 Å². The van der Waals surface area contributed by atoms with Crippen molar-refractivity contribution in [3.63, 3.8) is 0 Å². The lowest BCUT2D eigenvalue weighted by molar-refractivity contribution is -0.139. The summed E-state index contributed by atoms with van der Waals surface area (Å²) >= 11 is 0. The number of carbonyl (C=O) groups is 1. The van der Waals surface area contributed by atoms with Crippen LogP contribution >= 0.6 is 0 Å². The van der Waals surface area contributed by atoms with Crippen molar-refractivity contribution in [2.45, 2.75) is 19.9 Å². The maximum atomic E-state index is 10.7. The Morgan fingerprint density at radius 1 is 1.64 bits per heavy atom. The van der Waals surface area contributed by atoms with Crippen LogP contribution in [0.3, 0.4) is 0 Å². The third-order valence-electron chi connectivity index (χ3n) is 3.32. The number of fused-ring (bicyclic) bond motifs is 1. The van der Waals surface area contributed by atoms with Crippen molar-refractivity contribution in [2.75, 3.05) is 6.54 Å². The molecule has 0 spiro atoms. The third-order valence-corrected chi connectivity index (χ3v) is 3.32. The number of carboxylic acid groups (broad SMARTS) is 1. The molecule has 1 saturated heterocycles. The fraction of sp³-hybridized carbons (Fsp3) is 0.875. The van der Waals surface area contributed by atoms with E-state index in [-0.39, 0.29) is 11.5 Å². The Balaban J connectivity index is 2.13. The fourth-order valence-corrected chi connectivity index (χ4v) is 2.46. The van der Waals surface area contributed by atoms with Gasteiger partial charge in [-0.1, -0.05) is 13.8 Å². The van der Waals surface area contributed by atoms with E-state index in [0.717, 1.165) is 6.54 Å². The monoisotopic (exact) mass is 155 g/mol. The molecule has 1 heterocycles. The first-order valence-electron chi connectivity index (χ1n) is 4.01. The van der Waals surface area contributed by atoms with Gasteiger partial charge < -0.3 is 10.4 Å². The van der Waals surface area contributed by atoms with Crippen LogP contribution in [0.5, 0.6) is 0 Å². The number of hydrogen-bond donors (Lipinski definition) is 2. The summed E-state index contributed by atoms with van der Waals surface area (Å²) < 4.78 is 0. The number of nitrogens with one attached hydrogen (secondary N) is 1. The van der Waals surface area contributed by atoms with E-state index in [1.165, 1.54) is 0 Å². The molecule has 3 heteroatoms. The van der Waals surface area contributed by atoms with Gasteiger partial charge in [0, 0.05) is 0 Å². The van der Waals surface area contributed by atoms with Crippen LogP contribution in [0.2, 0.25) is 0 Å². The smallest absolute Gasteiger partial charge is 0.321 e. The lowest BCUT2D eigenvalue weighted by Crippen LogP contribution is -2.37. The molecule has 11 heavy (non-hydrogen) atoms. The predicted molar refractivity (Wildman–Crippen MR) is 40.2 cm³/mol. The van der Waals surface area contributed by atoms with Crippen molar-refractivity contribution >= 4 is 5.97 Å². The molecule has 3 nitrogen and oxygen atoms in total. The second-order valence-electron chi connectivity index (χ2n) is 4.18. The molecule has 1 saturated carbocycles. The van der Waals surface area contributed by atoms with Gasteiger partial charge >= 0.3 is 5.97 Å². The van der Waals surface area contributed by atoms with E-state index in [1.54, 1.807) is 0 Å². The summed E-state index contributed by atoms with van der Waals surface area (Å²) in [5, 5.41) is 11.8. The molecule has 1 aliphatic carbocycles. The molecule has 0 aromatic heterocycles. The molecule has 2 fully saturated rings. The van der Waals surface area contributed by atoms with Gasteiger partial charge in [0.15, 0.2) is 0 Å². The summed E-state index contributed by atoms with van der Waals surface area (Å²) in [4.78, 5) is 10.7. The minimum absolute atomic E-state index is 0.272. The van der Waals surface area contributed by atoms with E-state index < -0.39 is 5.97 Å². The zero-order valence-corrected chi connectivity index (χ0v) is 6.79. The van der Waals surface area contributed by atoms with Crippen LogP contribution < -0.4 is 5.32 Å². The molecule has 0 aromatic rings. The second kappa shape index (κ2) is 1.78. The average Bonchev–Trinajstić information content (AvgIpc) is 2.34. The van der Waals surface area contributed by atoms with Crippen molar-refractivity contribution < 1.29 is 9.90 Å². The van der Waals surface area contributed by atoms with E-state index in [1.807, 2.05) is 0 Å². The Hall–Kier alpha value is -0.570. The molecule has 0 radical (unpaired) electrons. The van der Waals surface area contributed by atoms with Crippen molar-refractivity contribution in [2.24, 2.45) is 17.3 Å². The van der Waals surface area contributed by atoms with Crippen LogP contribution in [0.1, 0.15) is 13.8 Å². The summed E-state index contributed by atoms with van der Waals surface area (Å²) in [6.45, 7) is 5.19. The van der Waals surface area contributed by atoms with Gasteiger partial charge in [0.2, 0.25) is 0 Å². The van der Waals surface area contributed by atoms with Crippen molar-refractivity contribution in [3.8, 4) is 0 Å². The predicted octanol–water partition coefficient (Wildman–Crippen LogP) is 0.315. The Morgan fingerprint density at radius 3 is 2.55 bits per heavy atom. The summed E-state index contributed by atoms with van der Waals surface area (Å²) in [5.74, 6) is 0.284. The molecule has 2 rings (SSSR count). The SMILES string of the molecule is CC1(C)[C@@H]2C(C(=O)O)NC[C@@H]21. The van der Waals surface area contributed by atoms with Crippen LogP contribution in [0, 0.1) is 17.3 Å². The quantitative estimate of drug-likeness (QED) is 0.573. The summed E-state index contributed by atoms with van der Waals surface area (Å²) in [5.41, 5.74) is 0.272. The summed E-state index contributed by atoms with van der Waals surface area (Å²) in [7, 11) is 0. The molecular formula is C8H13NO2. The molecule has 1 aliphatic heterocycles. The standard InChI is InChI=1S/C8H13NO2/c1-8(2)4-3-9-6(5(4)8)7(10)11/h4-6,9H,3H2,1-2H3,(H,10,11)/t4-,5-,6?/m0/s1. The molecule has 3 atom stereocenters. The van der Waals surface area contributed by atoms with Gasteiger partial charge in [-0.15, -0.1) is 0 Å². The lowest BCUT2D eigenvalue weighted by Gasteiger charge is -2.14. The number of hydrogen-bond acceptors (Lipinski definition) is 2. The first-order valence-corrected chi connectivity index (χ1v) is 4.01. The number of piperidine rings is 1. The number of rotatable bonds is 1. The maximum Gasteiger partial charge on any atom is 0.321 e. The summed E-state index contributed by atoms with van der Waals surface area (Å²) in [6, 6.07) is -0.282. The molecule has 2 aliphatic rings. The van der Waals surface area contributed by atoms with Crippen molar-refractivity contribution in [1.82, 2.24) is 5.32 Å². The molecule has 0 amide bonds. The number of aliphatic carboxylic acids is 1. The second-order valence-corrected chi connectivity index (χ2v) is 4.18. The van der Waals surface area contributed by atoms with E-state index in [2.05, 4.69) is 19.2 Å². The Kier molecular flexibility index (Phi) is 1.15.